The van der Waals surface area contributed by atoms with Crippen molar-refractivity contribution < 1.29 is 19.8 Å². The molecule has 0 aromatic heterocycles. The molecule has 1 aliphatic rings. The van der Waals surface area contributed by atoms with E-state index in [-0.39, 0.29) is 13.2 Å². The zero-order valence-corrected chi connectivity index (χ0v) is 16.4. The maximum atomic E-state index is 12.1. The van der Waals surface area contributed by atoms with Crippen molar-refractivity contribution in [3.63, 3.8) is 0 Å². The van der Waals surface area contributed by atoms with Crippen LogP contribution >= 0.6 is 11.8 Å². The minimum atomic E-state index is -1.71. The summed E-state index contributed by atoms with van der Waals surface area (Å²) in [6, 6.07) is 16.0. The highest BCUT2D eigenvalue weighted by Gasteiger charge is 2.56. The van der Waals surface area contributed by atoms with Crippen molar-refractivity contribution in [3.8, 4) is 11.1 Å². The first-order valence-electron chi connectivity index (χ1n) is 8.92. The Hall–Kier alpha value is -1.94. The zero-order chi connectivity index (χ0) is 20.3. The monoisotopic (exact) mass is 403 g/mol. The molecule has 28 heavy (non-hydrogen) atoms. The number of aliphatic hydroxyl groups is 2. The van der Waals surface area contributed by atoms with E-state index in [1.165, 1.54) is 5.06 Å². The van der Waals surface area contributed by atoms with Crippen LogP contribution in [0.15, 0.2) is 53.4 Å². The number of aliphatic hydroxyl groups excluding tert-OH is 2. The van der Waals surface area contributed by atoms with E-state index in [0.29, 0.717) is 0 Å². The lowest BCUT2D eigenvalue weighted by molar-refractivity contribution is -0.200. The van der Waals surface area contributed by atoms with Crippen LogP contribution in [0.25, 0.3) is 11.1 Å². The standard InChI is InChI=1S/C20H25N3O4S/c1-28-16-7-3-6-15(9-16)14-5-2-4-13(8-14)10-23-20(22,19(21)26)17(11-24)18(12-25)27-23/h2-9,17-18,24-25H,10-12,22H2,1H3,(H2,21,26)/t17-,18?,20+/m1/s1. The third-order valence-electron chi connectivity index (χ3n) is 5.12. The number of primary amides is 1. The first-order chi connectivity index (χ1) is 13.4. The van der Waals surface area contributed by atoms with E-state index in [9.17, 15) is 15.0 Å². The van der Waals surface area contributed by atoms with Gasteiger partial charge in [-0.3, -0.25) is 9.63 Å². The molecular weight excluding hydrogens is 378 g/mol. The number of hydrogen-bond acceptors (Lipinski definition) is 7. The summed E-state index contributed by atoms with van der Waals surface area (Å²) in [6.07, 6.45) is 1.23. The molecule has 1 saturated heterocycles. The molecule has 1 heterocycles. The van der Waals surface area contributed by atoms with Gasteiger partial charge in [-0.15, -0.1) is 11.8 Å². The van der Waals surface area contributed by atoms with Crippen molar-refractivity contribution in [1.29, 1.82) is 0 Å². The van der Waals surface area contributed by atoms with E-state index in [1.807, 2.05) is 42.7 Å². The largest absolute Gasteiger partial charge is 0.396 e. The second-order valence-electron chi connectivity index (χ2n) is 6.77. The number of carbonyl (C=O) groups excluding carboxylic acids is 1. The van der Waals surface area contributed by atoms with Gasteiger partial charge in [0.25, 0.3) is 5.91 Å². The number of carbonyl (C=O) groups is 1. The fourth-order valence-electron chi connectivity index (χ4n) is 3.50. The lowest BCUT2D eigenvalue weighted by Gasteiger charge is -2.32. The van der Waals surface area contributed by atoms with E-state index >= 15 is 0 Å². The minimum Gasteiger partial charge on any atom is -0.396 e. The molecule has 7 nitrogen and oxygen atoms in total. The summed E-state index contributed by atoms with van der Waals surface area (Å²) in [5, 5.41) is 20.5. The van der Waals surface area contributed by atoms with Gasteiger partial charge in [0.1, 0.15) is 6.10 Å². The van der Waals surface area contributed by atoms with E-state index in [4.69, 9.17) is 16.3 Å². The minimum absolute atomic E-state index is 0.183. The van der Waals surface area contributed by atoms with Gasteiger partial charge in [0.2, 0.25) is 0 Å². The van der Waals surface area contributed by atoms with Gasteiger partial charge >= 0.3 is 0 Å². The number of rotatable bonds is 7. The predicted octanol–water partition coefficient (Wildman–Crippen LogP) is 0.932. The third kappa shape index (κ3) is 3.80. The van der Waals surface area contributed by atoms with Crippen LogP contribution in [0, 0.1) is 5.92 Å². The molecule has 1 amide bonds. The van der Waals surface area contributed by atoms with Gasteiger partial charge in [0.05, 0.1) is 25.7 Å². The molecule has 0 spiro atoms. The highest BCUT2D eigenvalue weighted by molar-refractivity contribution is 7.98. The molecule has 2 aromatic rings. The summed E-state index contributed by atoms with van der Waals surface area (Å²) in [5.74, 6) is -1.64. The molecule has 3 atom stereocenters. The lowest BCUT2D eigenvalue weighted by atomic mass is 9.89. The topological polar surface area (TPSA) is 122 Å². The van der Waals surface area contributed by atoms with Crippen molar-refractivity contribution in [3.05, 3.63) is 54.1 Å². The molecule has 1 unspecified atom stereocenters. The Kier molecular flexibility index (Phi) is 6.39. The Morgan fingerprint density at radius 3 is 2.46 bits per heavy atom. The van der Waals surface area contributed by atoms with Crippen molar-refractivity contribution in [1.82, 2.24) is 5.06 Å². The quantitative estimate of drug-likeness (QED) is 0.507. The lowest BCUT2D eigenvalue weighted by Crippen LogP contribution is -2.65. The van der Waals surface area contributed by atoms with Crippen LogP contribution in [0.2, 0.25) is 0 Å². The molecule has 8 heteroatoms. The van der Waals surface area contributed by atoms with Crippen molar-refractivity contribution in [2.75, 3.05) is 19.5 Å². The number of hydrogen-bond donors (Lipinski definition) is 4. The molecule has 1 fully saturated rings. The second kappa shape index (κ2) is 8.60. The average molecular weight is 404 g/mol. The van der Waals surface area contributed by atoms with Gasteiger partial charge in [-0.25, -0.2) is 0 Å². The van der Waals surface area contributed by atoms with E-state index in [0.717, 1.165) is 21.6 Å². The van der Waals surface area contributed by atoms with Crippen LogP contribution in [0.4, 0.5) is 0 Å². The molecule has 0 bridgehead atoms. The fraction of sp³-hybridized carbons (Fsp3) is 0.350. The van der Waals surface area contributed by atoms with Crippen LogP contribution in [0.1, 0.15) is 5.56 Å². The molecule has 0 saturated carbocycles. The Bertz CT molecular complexity index is 850. The Morgan fingerprint density at radius 1 is 1.18 bits per heavy atom. The highest BCUT2D eigenvalue weighted by Crippen LogP contribution is 2.35. The van der Waals surface area contributed by atoms with Crippen molar-refractivity contribution in [2.24, 2.45) is 17.4 Å². The SMILES string of the molecule is CSc1cccc(-c2cccc(CN3OC(CO)[C@@H](CO)[C@@]3(N)C(N)=O)c2)c1. The third-order valence-corrected chi connectivity index (χ3v) is 5.84. The average Bonchev–Trinajstić information content (AvgIpc) is 3.00. The highest BCUT2D eigenvalue weighted by atomic mass is 32.2. The van der Waals surface area contributed by atoms with Gasteiger partial charge in [-0.05, 0) is 41.1 Å². The summed E-state index contributed by atoms with van der Waals surface area (Å²) >= 11 is 1.67. The summed E-state index contributed by atoms with van der Waals surface area (Å²) in [7, 11) is 0. The molecule has 1 aliphatic heterocycles. The van der Waals surface area contributed by atoms with E-state index in [1.54, 1.807) is 11.8 Å². The molecule has 0 aliphatic carbocycles. The van der Waals surface area contributed by atoms with E-state index < -0.39 is 30.2 Å². The van der Waals surface area contributed by atoms with Gasteiger partial charge in [-0.1, -0.05) is 30.3 Å². The summed E-state index contributed by atoms with van der Waals surface area (Å²) in [4.78, 5) is 18.9. The number of amides is 1. The molecule has 150 valence electrons. The first kappa shape index (κ1) is 20.8. The summed E-state index contributed by atoms with van der Waals surface area (Å²) in [5.41, 5.74) is 13.0. The van der Waals surface area contributed by atoms with Crippen molar-refractivity contribution in [2.45, 2.75) is 23.2 Å². The van der Waals surface area contributed by atoms with Crippen LogP contribution in [-0.4, -0.2) is 52.4 Å². The fourth-order valence-corrected chi connectivity index (χ4v) is 3.96. The maximum Gasteiger partial charge on any atom is 0.255 e. The van der Waals surface area contributed by atoms with Gasteiger partial charge in [-0.2, -0.15) is 5.06 Å². The van der Waals surface area contributed by atoms with Gasteiger partial charge in [0, 0.05) is 4.90 Å². The maximum absolute atomic E-state index is 12.1. The van der Waals surface area contributed by atoms with Gasteiger partial charge in [0.15, 0.2) is 5.66 Å². The Morgan fingerprint density at radius 2 is 1.86 bits per heavy atom. The normalized spacial score (nSPS) is 25.1. The zero-order valence-electron chi connectivity index (χ0n) is 15.6. The van der Waals surface area contributed by atoms with Crippen LogP contribution in [-0.2, 0) is 16.2 Å². The number of nitrogens with zero attached hydrogens (tertiary/aromatic N) is 1. The number of hydroxylamine groups is 2. The summed E-state index contributed by atoms with van der Waals surface area (Å²) in [6.45, 7) is -0.624. The second-order valence-corrected chi connectivity index (χ2v) is 7.65. The number of thioether (sulfide) groups is 1. The first-order valence-corrected chi connectivity index (χ1v) is 10.1. The van der Waals surface area contributed by atoms with Crippen LogP contribution < -0.4 is 11.5 Å². The Labute approximate surface area is 168 Å². The predicted molar refractivity (Wildman–Crippen MR) is 108 cm³/mol. The van der Waals surface area contributed by atoms with Crippen LogP contribution in [0.3, 0.4) is 0 Å². The molecule has 6 N–H and O–H groups in total. The molecule has 0 radical (unpaired) electrons. The van der Waals surface area contributed by atoms with Gasteiger partial charge < -0.3 is 21.7 Å². The van der Waals surface area contributed by atoms with E-state index in [2.05, 4.69) is 12.1 Å². The molecular formula is C20H25N3O4S. The Balaban J connectivity index is 1.89. The van der Waals surface area contributed by atoms with Crippen LogP contribution in [0.5, 0.6) is 0 Å². The summed E-state index contributed by atoms with van der Waals surface area (Å²) < 4.78 is 0. The molecule has 2 aromatic carbocycles. The van der Waals surface area contributed by atoms with Crippen molar-refractivity contribution >= 4 is 17.7 Å². The number of benzene rings is 2. The molecule has 3 rings (SSSR count). The number of nitrogens with two attached hydrogens (primary N) is 2. The smallest absolute Gasteiger partial charge is 0.255 e.